The van der Waals surface area contributed by atoms with Gasteiger partial charge in [-0.3, -0.25) is 4.79 Å². The Bertz CT molecular complexity index is 1240. The number of aliphatic carboxylic acids is 1. The normalized spacial score (nSPS) is 12.9. The number of benzene rings is 2. The fraction of sp³-hybridized carbons (Fsp3) is 0.414. The number of carbonyl (C=O) groups is 2. The quantitative estimate of drug-likeness (QED) is 0.286. The summed E-state index contributed by atoms with van der Waals surface area (Å²) in [5.74, 6) is -2.29. The average Bonchev–Trinajstić information content (AvgIpc) is 3.27. The minimum atomic E-state index is -1.40. The number of carboxylic acids is 1. The molecule has 3 aromatic rings. The van der Waals surface area contributed by atoms with E-state index in [-0.39, 0.29) is 43.3 Å². The number of carboxylic acid groups (broad SMARTS) is 1. The van der Waals surface area contributed by atoms with Crippen LogP contribution in [0.25, 0.3) is 5.69 Å². The lowest BCUT2D eigenvalue weighted by molar-refractivity contribution is -0.307. The summed E-state index contributed by atoms with van der Waals surface area (Å²) in [6.45, 7) is 4.65. The molecule has 0 radical (unpaired) electrons. The summed E-state index contributed by atoms with van der Waals surface area (Å²) in [4.78, 5) is 24.1. The molecule has 10 heteroatoms. The third-order valence-corrected chi connectivity index (χ3v) is 6.33. The monoisotopic (exact) mass is 540 g/mol. The van der Waals surface area contributed by atoms with Gasteiger partial charge in [0.15, 0.2) is 5.69 Å². The Morgan fingerprint density at radius 2 is 1.69 bits per heavy atom. The fourth-order valence-electron chi connectivity index (χ4n) is 4.47. The van der Waals surface area contributed by atoms with Crippen molar-refractivity contribution in [3.8, 4) is 5.69 Å². The third-order valence-electron chi connectivity index (χ3n) is 6.33. The molecule has 1 amide bonds. The lowest BCUT2D eigenvalue weighted by Crippen LogP contribution is -2.29. The highest BCUT2D eigenvalue weighted by molar-refractivity contribution is 5.94. The summed E-state index contributed by atoms with van der Waals surface area (Å²) in [5, 5.41) is 38.6. The van der Waals surface area contributed by atoms with Crippen LogP contribution in [0.5, 0.6) is 0 Å². The Morgan fingerprint density at radius 3 is 2.28 bits per heavy atom. The first-order chi connectivity index (χ1) is 18.6. The number of amides is 1. The van der Waals surface area contributed by atoms with E-state index in [1.807, 2.05) is 38.1 Å². The number of nitrogens with zero attached hydrogens (tertiary/aromatic N) is 2. The van der Waals surface area contributed by atoms with Gasteiger partial charge in [0.05, 0.1) is 24.5 Å². The van der Waals surface area contributed by atoms with E-state index in [1.165, 1.54) is 12.1 Å². The minimum Gasteiger partial charge on any atom is -0.550 e. The van der Waals surface area contributed by atoms with Crippen LogP contribution in [0.1, 0.15) is 71.9 Å². The molecule has 0 aliphatic carbocycles. The first kappa shape index (κ1) is 29.9. The average molecular weight is 541 g/mol. The van der Waals surface area contributed by atoms with Gasteiger partial charge in [0.2, 0.25) is 0 Å². The molecule has 0 bridgehead atoms. The van der Waals surface area contributed by atoms with Crippen LogP contribution in [-0.2, 0) is 29.1 Å². The van der Waals surface area contributed by atoms with Crippen LogP contribution in [0.15, 0.2) is 48.5 Å². The standard InChI is InChI=1S/C29H36FN3O6/c1-18(2)27-25(13-12-23(34)14-24(35)15-26(36)37)33(22-10-8-21(30)9-11-22)32-28(27)29(38)31-16-19-4-6-20(7-5-19)17-39-3/h4-11,18,23-24,34-35H,12-17H2,1-3H3,(H,31,38)(H,36,37)/p-1/t23-,24-/m1/s1. The van der Waals surface area contributed by atoms with E-state index in [1.54, 1.807) is 23.9 Å². The molecule has 0 saturated carbocycles. The van der Waals surface area contributed by atoms with Crippen molar-refractivity contribution in [2.24, 2.45) is 0 Å². The van der Waals surface area contributed by atoms with E-state index in [0.717, 1.165) is 11.1 Å². The molecule has 1 heterocycles. The van der Waals surface area contributed by atoms with Crippen LogP contribution in [-0.4, -0.2) is 51.2 Å². The smallest absolute Gasteiger partial charge is 0.272 e. The number of aliphatic hydroxyl groups excluding tert-OH is 2. The Kier molecular flexibility index (Phi) is 10.7. The maximum absolute atomic E-state index is 13.6. The zero-order chi connectivity index (χ0) is 28.5. The number of rotatable bonds is 14. The Morgan fingerprint density at radius 1 is 1.05 bits per heavy atom. The zero-order valence-corrected chi connectivity index (χ0v) is 22.4. The molecule has 2 aromatic carbocycles. The molecule has 0 unspecified atom stereocenters. The fourth-order valence-corrected chi connectivity index (χ4v) is 4.47. The molecule has 210 valence electrons. The molecule has 3 rings (SSSR count). The third kappa shape index (κ3) is 8.44. The summed E-state index contributed by atoms with van der Waals surface area (Å²) in [5.41, 5.74) is 4.06. The van der Waals surface area contributed by atoms with Gasteiger partial charge in [0, 0.05) is 37.3 Å². The van der Waals surface area contributed by atoms with Gasteiger partial charge >= 0.3 is 0 Å². The highest BCUT2D eigenvalue weighted by atomic mass is 19.1. The van der Waals surface area contributed by atoms with Crippen LogP contribution in [0.4, 0.5) is 4.39 Å². The first-order valence-corrected chi connectivity index (χ1v) is 12.9. The summed E-state index contributed by atoms with van der Waals surface area (Å²) in [6, 6.07) is 13.4. The number of hydrogen-bond acceptors (Lipinski definition) is 7. The van der Waals surface area contributed by atoms with Crippen LogP contribution in [0, 0.1) is 5.82 Å². The molecular formula is C29H35FN3O6-. The van der Waals surface area contributed by atoms with Gasteiger partial charge in [-0.2, -0.15) is 5.10 Å². The molecule has 3 N–H and O–H groups in total. The molecule has 9 nitrogen and oxygen atoms in total. The second kappa shape index (κ2) is 14.0. The summed E-state index contributed by atoms with van der Waals surface area (Å²) in [6.07, 6.45) is -2.46. The van der Waals surface area contributed by atoms with Crippen LogP contribution in [0.3, 0.4) is 0 Å². The van der Waals surface area contributed by atoms with Gasteiger partial charge in [-0.15, -0.1) is 0 Å². The van der Waals surface area contributed by atoms with Gasteiger partial charge in [-0.05, 0) is 60.6 Å². The Balaban J connectivity index is 1.87. The SMILES string of the molecule is COCc1ccc(CNC(=O)c2nn(-c3ccc(F)cc3)c(CC[C@@H](O)C[C@@H](O)CC(=O)[O-])c2C(C)C)cc1. The van der Waals surface area contributed by atoms with Crippen molar-refractivity contribution in [2.75, 3.05) is 7.11 Å². The van der Waals surface area contributed by atoms with E-state index >= 15 is 0 Å². The molecule has 0 fully saturated rings. The van der Waals surface area contributed by atoms with Crippen molar-refractivity contribution >= 4 is 11.9 Å². The number of halogens is 1. The number of hydrogen-bond donors (Lipinski definition) is 3. The summed E-state index contributed by atoms with van der Waals surface area (Å²) in [7, 11) is 1.63. The molecular weight excluding hydrogens is 505 g/mol. The Labute approximate surface area is 227 Å². The van der Waals surface area contributed by atoms with Crippen molar-refractivity contribution in [3.05, 3.63) is 82.4 Å². The summed E-state index contributed by atoms with van der Waals surface area (Å²) >= 11 is 0. The van der Waals surface area contributed by atoms with Gasteiger partial charge < -0.3 is 30.2 Å². The Hall–Kier alpha value is -3.60. The van der Waals surface area contributed by atoms with E-state index in [0.29, 0.717) is 23.6 Å². The van der Waals surface area contributed by atoms with Gasteiger partial charge in [-0.1, -0.05) is 38.1 Å². The number of carbonyl (C=O) groups excluding carboxylic acids is 2. The van der Waals surface area contributed by atoms with Gasteiger partial charge in [-0.25, -0.2) is 9.07 Å². The minimum absolute atomic E-state index is 0.107. The van der Waals surface area contributed by atoms with Crippen LogP contribution in [0.2, 0.25) is 0 Å². The first-order valence-electron chi connectivity index (χ1n) is 12.9. The number of methoxy groups -OCH3 is 1. The van der Waals surface area contributed by atoms with Gasteiger partial charge in [0.1, 0.15) is 5.82 Å². The maximum atomic E-state index is 13.6. The highest BCUT2D eigenvalue weighted by Crippen LogP contribution is 2.28. The highest BCUT2D eigenvalue weighted by Gasteiger charge is 2.26. The van der Waals surface area contributed by atoms with E-state index in [2.05, 4.69) is 10.4 Å². The molecule has 39 heavy (non-hydrogen) atoms. The topological polar surface area (TPSA) is 137 Å². The molecule has 0 aliphatic rings. The van der Waals surface area contributed by atoms with E-state index in [4.69, 9.17) is 4.74 Å². The number of aliphatic hydroxyl groups is 2. The largest absolute Gasteiger partial charge is 0.550 e. The molecule has 0 aliphatic heterocycles. The van der Waals surface area contributed by atoms with Crippen molar-refractivity contribution < 1.29 is 34.0 Å². The second-order valence-corrected chi connectivity index (χ2v) is 9.84. The molecule has 0 spiro atoms. The zero-order valence-electron chi connectivity index (χ0n) is 22.4. The lowest BCUT2D eigenvalue weighted by Gasteiger charge is -2.17. The van der Waals surface area contributed by atoms with Crippen molar-refractivity contribution in [3.63, 3.8) is 0 Å². The predicted octanol–water partition coefficient (Wildman–Crippen LogP) is 2.40. The van der Waals surface area contributed by atoms with E-state index in [9.17, 15) is 29.3 Å². The predicted molar refractivity (Wildman–Crippen MR) is 141 cm³/mol. The van der Waals surface area contributed by atoms with Crippen LogP contribution < -0.4 is 10.4 Å². The second-order valence-electron chi connectivity index (χ2n) is 9.84. The summed E-state index contributed by atoms with van der Waals surface area (Å²) < 4.78 is 20.3. The molecule has 1 aromatic heterocycles. The molecule has 2 atom stereocenters. The number of aromatic nitrogens is 2. The van der Waals surface area contributed by atoms with Crippen molar-refractivity contribution in [2.45, 2.75) is 70.8 Å². The van der Waals surface area contributed by atoms with Crippen molar-refractivity contribution in [1.82, 2.24) is 15.1 Å². The molecule has 0 saturated heterocycles. The maximum Gasteiger partial charge on any atom is 0.272 e. The van der Waals surface area contributed by atoms with Gasteiger partial charge in [0.25, 0.3) is 5.91 Å². The van der Waals surface area contributed by atoms with Crippen LogP contribution >= 0.6 is 0 Å². The van der Waals surface area contributed by atoms with Crippen molar-refractivity contribution in [1.29, 1.82) is 0 Å². The van der Waals surface area contributed by atoms with E-state index < -0.39 is 30.4 Å². The number of nitrogens with one attached hydrogen (secondary N) is 1. The number of ether oxygens (including phenoxy) is 1. The lowest BCUT2D eigenvalue weighted by atomic mass is 9.95.